The third-order valence-corrected chi connectivity index (χ3v) is 16.1. The van der Waals surface area contributed by atoms with Crippen molar-refractivity contribution in [3.05, 3.63) is 181 Å². The van der Waals surface area contributed by atoms with Crippen LogP contribution in [0.1, 0.15) is 36.4 Å². The Morgan fingerprint density at radius 1 is 0.746 bits per heavy atom. The predicted molar refractivity (Wildman–Crippen MR) is 251 cm³/mol. The van der Waals surface area contributed by atoms with Crippen molar-refractivity contribution in [3.8, 4) is 39.5 Å². The van der Waals surface area contributed by atoms with Crippen LogP contribution in [-0.2, 0) is 20.1 Å². The van der Waals surface area contributed by atoms with Crippen molar-refractivity contribution >= 4 is 71.0 Å². The Bertz CT molecular complexity index is 3260. The van der Waals surface area contributed by atoms with E-state index < -0.39 is 26.0 Å². The topological polar surface area (TPSA) is 30.7 Å². The molecule has 0 spiro atoms. The Hall–Kier alpha value is -5.17. The van der Waals surface area contributed by atoms with Crippen LogP contribution in [-0.4, -0.2) is 27.8 Å². The molecule has 0 aliphatic heterocycles. The Morgan fingerprint density at radius 2 is 1.54 bits per heavy atom. The minimum Gasteiger partial charge on any atom is -0.333 e. The summed E-state index contributed by atoms with van der Waals surface area (Å²) in [6.07, 6.45) is 1.91. The van der Waals surface area contributed by atoms with Gasteiger partial charge in [-0.3, -0.25) is 4.98 Å². The van der Waals surface area contributed by atoms with Crippen LogP contribution in [0.15, 0.2) is 158 Å². The first-order valence-electron chi connectivity index (χ1n) is 21.6. The summed E-state index contributed by atoms with van der Waals surface area (Å²) in [5, 5.41) is 4.93. The molecule has 0 atom stereocenters. The van der Waals surface area contributed by atoms with E-state index in [1.165, 1.54) is 52.5 Å². The Labute approximate surface area is 373 Å². The summed E-state index contributed by atoms with van der Waals surface area (Å²) in [5.41, 5.74) is 9.41. The third-order valence-electron chi connectivity index (χ3n) is 10.7. The molecule has 6 heteroatoms. The van der Waals surface area contributed by atoms with Crippen LogP contribution in [0.5, 0.6) is 0 Å². The number of para-hydroxylation sites is 2. The fourth-order valence-electron chi connectivity index (χ4n) is 7.75. The van der Waals surface area contributed by atoms with Gasteiger partial charge in [-0.25, -0.2) is 0 Å². The molecule has 3 nitrogen and oxygen atoms in total. The van der Waals surface area contributed by atoms with Crippen LogP contribution < -0.4 is 4.40 Å². The van der Waals surface area contributed by atoms with Crippen LogP contribution >= 0.6 is 11.3 Å². The van der Waals surface area contributed by atoms with E-state index in [0.29, 0.717) is 0 Å². The zero-order chi connectivity index (χ0) is 43.4. The van der Waals surface area contributed by atoms with Crippen molar-refractivity contribution in [1.29, 1.82) is 0 Å². The second-order valence-electron chi connectivity index (χ2n) is 15.9. The van der Waals surface area contributed by atoms with E-state index >= 15 is 0 Å². The maximum absolute atomic E-state index is 8.49. The molecular formula is C53H45GeIrN3S-2. The molecule has 293 valence electrons. The Balaban J connectivity index is 0.000000190. The van der Waals surface area contributed by atoms with Crippen molar-refractivity contribution in [2.24, 2.45) is 0 Å². The summed E-state index contributed by atoms with van der Waals surface area (Å²) < 4.78 is 36.9. The second kappa shape index (κ2) is 16.8. The van der Waals surface area contributed by atoms with Gasteiger partial charge in [0.05, 0.1) is 16.9 Å². The number of imidazole rings is 1. The van der Waals surface area contributed by atoms with Gasteiger partial charge in [0.2, 0.25) is 0 Å². The monoisotopic (exact) mass is 1030 g/mol. The van der Waals surface area contributed by atoms with Crippen LogP contribution in [0.3, 0.4) is 0 Å². The number of rotatable bonds is 6. The van der Waals surface area contributed by atoms with Gasteiger partial charge < -0.3 is 4.57 Å². The van der Waals surface area contributed by atoms with E-state index in [-0.39, 0.29) is 25.7 Å². The van der Waals surface area contributed by atoms with Gasteiger partial charge in [0.25, 0.3) is 0 Å². The van der Waals surface area contributed by atoms with E-state index in [2.05, 4.69) is 160 Å². The van der Waals surface area contributed by atoms with Crippen LogP contribution in [0, 0.1) is 19.0 Å². The number of aryl methyl sites for hydroxylation is 1. The molecule has 10 rings (SSSR count). The maximum Gasteiger partial charge on any atom is 0.0774 e. The van der Waals surface area contributed by atoms with Crippen molar-refractivity contribution in [2.75, 3.05) is 0 Å². The average Bonchev–Trinajstić information content (AvgIpc) is 3.84. The van der Waals surface area contributed by atoms with Gasteiger partial charge >= 0.3 is 131 Å². The summed E-state index contributed by atoms with van der Waals surface area (Å²) in [7, 11) is 0. The summed E-state index contributed by atoms with van der Waals surface area (Å²) in [4.78, 5) is 9.78. The van der Waals surface area contributed by atoms with Gasteiger partial charge in [-0.2, -0.15) is 11.3 Å². The smallest absolute Gasteiger partial charge is 0.0774 e. The summed E-state index contributed by atoms with van der Waals surface area (Å²) in [5.74, 6) is 7.10. The van der Waals surface area contributed by atoms with Gasteiger partial charge in [0, 0.05) is 35.9 Å². The number of hydrogen-bond donors (Lipinski definition) is 0. The standard InChI is InChI=1S/C35H21N2S.C18H24GeN.Ir/c1-2-10-23(11-3-1)25-21-20-24-12-8-18-31(29(24)22-25)37-32-17-6-5-16-30(32)36-35(37)28-15-9-14-27-26-13-4-7-19-33(26)38-34(27)28;1-13(2)16-11-18(15-9-7-14(3)8-10-15)20-12-17(16)19(4,5)6;/h1-14,16-22H;7-9,11-13H,1-6H3;/q2*-1;/i;3D3,13D;. The minimum absolute atomic E-state index is 0. The third kappa shape index (κ3) is 7.98. The molecule has 0 saturated carbocycles. The quantitative estimate of drug-likeness (QED) is 0.123. The summed E-state index contributed by atoms with van der Waals surface area (Å²) in [6, 6.07) is 58.5. The van der Waals surface area contributed by atoms with Gasteiger partial charge in [0.1, 0.15) is 0 Å². The van der Waals surface area contributed by atoms with Gasteiger partial charge in [-0.1, -0.05) is 95.9 Å². The van der Waals surface area contributed by atoms with Crippen molar-refractivity contribution in [3.63, 3.8) is 0 Å². The van der Waals surface area contributed by atoms with Gasteiger partial charge in [-0.15, -0.1) is 18.2 Å². The first-order valence-corrected chi connectivity index (χ1v) is 27.7. The van der Waals surface area contributed by atoms with E-state index in [0.717, 1.165) is 44.9 Å². The Morgan fingerprint density at radius 3 is 2.32 bits per heavy atom. The molecule has 59 heavy (non-hydrogen) atoms. The largest absolute Gasteiger partial charge is 0.333 e. The number of pyridine rings is 1. The molecule has 0 aliphatic carbocycles. The van der Waals surface area contributed by atoms with E-state index in [1.807, 2.05) is 43.5 Å². The predicted octanol–water partition coefficient (Wildman–Crippen LogP) is 14.2. The van der Waals surface area contributed by atoms with Crippen LogP contribution in [0.25, 0.3) is 81.4 Å². The average molecular weight is 1020 g/mol. The van der Waals surface area contributed by atoms with Gasteiger partial charge in [0.15, 0.2) is 0 Å². The number of fused-ring (bicyclic) bond motifs is 5. The van der Waals surface area contributed by atoms with E-state index in [1.54, 1.807) is 12.1 Å². The molecule has 1 radical (unpaired) electrons. The molecular weight excluding hydrogens is 975 g/mol. The molecule has 0 fully saturated rings. The van der Waals surface area contributed by atoms with Crippen molar-refractivity contribution in [2.45, 2.75) is 43.9 Å². The van der Waals surface area contributed by atoms with Gasteiger partial charge in [-0.05, 0) is 56.9 Å². The number of nitrogens with zero attached hydrogens (tertiary/aromatic N) is 3. The SMILES string of the molecule is [2H]C([2H])([2H])c1c[c-]c(-c2cc(C([2H])(C)C)[c]([Ge]([CH3])([CH3])[CH3])cn2)cc1.[Ir].[c-]1ccc2c(sc3ccccc32)c1-c1nc2ccccc2n1-c1cccc2ccc(-c3ccccc3)cc12. The normalized spacial score (nSPS) is 13.0. The molecule has 0 bridgehead atoms. The molecule has 10 aromatic rings. The number of aromatic nitrogens is 3. The zero-order valence-corrected chi connectivity index (χ0v) is 38.9. The Kier molecular flexibility index (Phi) is 10.2. The molecule has 7 aromatic carbocycles. The van der Waals surface area contributed by atoms with Crippen molar-refractivity contribution in [1.82, 2.24) is 14.5 Å². The van der Waals surface area contributed by atoms with Crippen LogP contribution in [0.2, 0.25) is 17.3 Å². The molecule has 0 saturated heterocycles. The maximum atomic E-state index is 8.49. The number of thiophene rings is 1. The van der Waals surface area contributed by atoms with E-state index in [9.17, 15) is 0 Å². The van der Waals surface area contributed by atoms with Crippen molar-refractivity contribution < 1.29 is 25.6 Å². The summed E-state index contributed by atoms with van der Waals surface area (Å²) >= 11 is -0.325. The zero-order valence-electron chi connectivity index (χ0n) is 37.6. The second-order valence-corrected chi connectivity index (χ2v) is 27.5. The first-order chi connectivity index (χ1) is 29.6. The molecule has 0 amide bonds. The number of benzene rings is 7. The summed E-state index contributed by atoms with van der Waals surface area (Å²) in [6.45, 7) is 1.66. The minimum atomic E-state index is -2.14. The molecule has 0 N–H and O–H groups in total. The first kappa shape index (κ1) is 35.7. The number of hydrogen-bond acceptors (Lipinski definition) is 3. The molecule has 3 heterocycles. The van der Waals surface area contributed by atoms with E-state index in [4.69, 9.17) is 10.5 Å². The fourth-order valence-corrected chi connectivity index (χ4v) is 12.3. The molecule has 3 aromatic heterocycles. The molecule has 0 aliphatic rings. The fraction of sp³-hybridized carbons (Fsp3) is 0.132. The molecule has 0 unspecified atom stereocenters. The van der Waals surface area contributed by atoms with Crippen LogP contribution in [0.4, 0.5) is 0 Å².